The molecule has 0 atom stereocenters. The Morgan fingerprint density at radius 3 is 2.52 bits per heavy atom. The van der Waals surface area contributed by atoms with E-state index in [0.29, 0.717) is 19.2 Å². The topological polar surface area (TPSA) is 55.6 Å². The van der Waals surface area contributed by atoms with E-state index in [1.165, 1.54) is 0 Å². The second kappa shape index (κ2) is 6.00. The lowest BCUT2D eigenvalue weighted by Gasteiger charge is -2.27. The van der Waals surface area contributed by atoms with E-state index in [1.54, 1.807) is 4.90 Å². The van der Waals surface area contributed by atoms with Crippen molar-refractivity contribution in [3.63, 3.8) is 0 Å². The molecule has 1 aliphatic carbocycles. The van der Waals surface area contributed by atoms with Gasteiger partial charge in [0.1, 0.15) is 0 Å². The molecule has 0 spiro atoms. The number of nitrogens with two attached hydrogens (primary N) is 1. The van der Waals surface area contributed by atoms with Crippen molar-refractivity contribution >= 4 is 11.6 Å². The SMILES string of the molecule is C=C1c2ccccc2C(=O)N1CCOC1CCC(N)CC1. The summed E-state index contributed by atoms with van der Waals surface area (Å²) in [5.41, 5.74) is 8.35. The van der Waals surface area contributed by atoms with Gasteiger partial charge in [-0.2, -0.15) is 0 Å². The molecule has 4 heteroatoms. The summed E-state index contributed by atoms with van der Waals surface area (Å²) >= 11 is 0. The fourth-order valence-corrected chi connectivity index (χ4v) is 3.14. The van der Waals surface area contributed by atoms with Gasteiger partial charge in [0.15, 0.2) is 0 Å². The van der Waals surface area contributed by atoms with Gasteiger partial charge in [-0.05, 0) is 31.7 Å². The number of hydrogen-bond acceptors (Lipinski definition) is 3. The number of amides is 1. The zero-order valence-electron chi connectivity index (χ0n) is 12.3. The third-order valence-corrected chi connectivity index (χ3v) is 4.43. The Balaban J connectivity index is 1.53. The highest BCUT2D eigenvalue weighted by Gasteiger charge is 2.30. The molecule has 1 aromatic rings. The normalized spacial score (nSPS) is 25.3. The Labute approximate surface area is 125 Å². The van der Waals surface area contributed by atoms with Crippen LogP contribution in [0, 0.1) is 0 Å². The highest BCUT2D eigenvalue weighted by Crippen LogP contribution is 2.30. The Morgan fingerprint density at radius 1 is 1.19 bits per heavy atom. The summed E-state index contributed by atoms with van der Waals surface area (Å²) in [4.78, 5) is 14.0. The van der Waals surface area contributed by atoms with Crippen molar-refractivity contribution in [3.05, 3.63) is 42.0 Å². The van der Waals surface area contributed by atoms with Crippen LogP contribution in [-0.4, -0.2) is 36.1 Å². The molecular formula is C17H22N2O2. The van der Waals surface area contributed by atoms with Crippen molar-refractivity contribution in [1.29, 1.82) is 0 Å². The molecule has 1 heterocycles. The van der Waals surface area contributed by atoms with Gasteiger partial charge in [-0.1, -0.05) is 24.8 Å². The summed E-state index contributed by atoms with van der Waals surface area (Å²) in [6.45, 7) is 5.15. The molecule has 4 nitrogen and oxygen atoms in total. The van der Waals surface area contributed by atoms with Crippen LogP contribution in [0.4, 0.5) is 0 Å². The van der Waals surface area contributed by atoms with Crippen LogP contribution in [0.15, 0.2) is 30.8 Å². The van der Waals surface area contributed by atoms with Gasteiger partial charge >= 0.3 is 0 Å². The quantitative estimate of drug-likeness (QED) is 0.924. The number of nitrogens with zero attached hydrogens (tertiary/aromatic N) is 1. The standard InChI is InChI=1S/C17H22N2O2/c1-12-15-4-2-3-5-16(15)17(20)19(12)10-11-21-14-8-6-13(18)7-9-14/h2-5,13-14H,1,6-11,18H2. The van der Waals surface area contributed by atoms with Gasteiger partial charge in [0, 0.05) is 29.4 Å². The summed E-state index contributed by atoms with van der Waals surface area (Å²) in [6, 6.07) is 7.95. The van der Waals surface area contributed by atoms with Gasteiger partial charge in [0.25, 0.3) is 5.91 Å². The van der Waals surface area contributed by atoms with Gasteiger partial charge < -0.3 is 15.4 Å². The molecule has 2 N–H and O–H groups in total. The second-order valence-electron chi connectivity index (χ2n) is 5.86. The minimum absolute atomic E-state index is 0.0323. The van der Waals surface area contributed by atoms with Gasteiger partial charge in [-0.15, -0.1) is 0 Å². The van der Waals surface area contributed by atoms with Crippen molar-refractivity contribution in [2.45, 2.75) is 37.8 Å². The highest BCUT2D eigenvalue weighted by atomic mass is 16.5. The molecule has 0 radical (unpaired) electrons. The molecule has 0 bridgehead atoms. The summed E-state index contributed by atoms with van der Waals surface area (Å²) in [5, 5.41) is 0. The highest BCUT2D eigenvalue weighted by molar-refractivity contribution is 6.08. The fourth-order valence-electron chi connectivity index (χ4n) is 3.14. The Morgan fingerprint density at radius 2 is 1.86 bits per heavy atom. The van der Waals surface area contributed by atoms with Crippen LogP contribution in [-0.2, 0) is 4.74 Å². The lowest BCUT2D eigenvalue weighted by molar-refractivity contribution is 0.0191. The van der Waals surface area contributed by atoms with Crippen molar-refractivity contribution < 1.29 is 9.53 Å². The smallest absolute Gasteiger partial charge is 0.259 e. The van der Waals surface area contributed by atoms with E-state index in [9.17, 15) is 4.79 Å². The number of ether oxygens (including phenoxy) is 1. The first-order valence-electron chi connectivity index (χ1n) is 7.64. The predicted molar refractivity (Wildman–Crippen MR) is 82.7 cm³/mol. The zero-order valence-corrected chi connectivity index (χ0v) is 12.3. The zero-order chi connectivity index (χ0) is 14.8. The molecule has 112 valence electrons. The maximum absolute atomic E-state index is 12.3. The summed E-state index contributed by atoms with van der Waals surface area (Å²) in [7, 11) is 0. The van der Waals surface area contributed by atoms with Crippen LogP contribution < -0.4 is 5.73 Å². The molecule has 0 unspecified atom stereocenters. The van der Waals surface area contributed by atoms with Crippen LogP contribution in [0.3, 0.4) is 0 Å². The second-order valence-corrected chi connectivity index (χ2v) is 5.86. The Kier molecular flexibility index (Phi) is 4.08. The van der Waals surface area contributed by atoms with Gasteiger partial charge in [-0.3, -0.25) is 4.79 Å². The molecule has 0 aromatic heterocycles. The van der Waals surface area contributed by atoms with Crippen LogP contribution in [0.5, 0.6) is 0 Å². The predicted octanol–water partition coefficient (Wildman–Crippen LogP) is 2.40. The lowest BCUT2D eigenvalue weighted by Crippen LogP contribution is -2.33. The van der Waals surface area contributed by atoms with E-state index in [0.717, 1.165) is 42.5 Å². The maximum Gasteiger partial charge on any atom is 0.259 e. The van der Waals surface area contributed by atoms with E-state index in [-0.39, 0.29) is 12.0 Å². The Hall–Kier alpha value is -1.65. The van der Waals surface area contributed by atoms with E-state index in [1.807, 2.05) is 24.3 Å². The van der Waals surface area contributed by atoms with E-state index >= 15 is 0 Å². The number of fused-ring (bicyclic) bond motifs is 1. The van der Waals surface area contributed by atoms with Crippen molar-refractivity contribution in [3.8, 4) is 0 Å². The first-order chi connectivity index (χ1) is 10.2. The number of benzene rings is 1. The van der Waals surface area contributed by atoms with E-state index < -0.39 is 0 Å². The van der Waals surface area contributed by atoms with Crippen molar-refractivity contribution in [2.24, 2.45) is 5.73 Å². The molecule has 2 aliphatic rings. The van der Waals surface area contributed by atoms with Gasteiger partial charge in [0.2, 0.25) is 0 Å². The number of carbonyl (C=O) groups is 1. The number of carbonyl (C=O) groups excluding carboxylic acids is 1. The molecule has 1 amide bonds. The molecular weight excluding hydrogens is 264 g/mol. The molecule has 0 saturated heterocycles. The van der Waals surface area contributed by atoms with Crippen LogP contribution >= 0.6 is 0 Å². The average molecular weight is 286 g/mol. The third kappa shape index (κ3) is 2.87. The van der Waals surface area contributed by atoms with Crippen LogP contribution in [0.25, 0.3) is 5.70 Å². The molecule has 1 fully saturated rings. The summed E-state index contributed by atoms with van der Waals surface area (Å²) < 4.78 is 5.90. The largest absolute Gasteiger partial charge is 0.376 e. The number of hydrogen-bond donors (Lipinski definition) is 1. The van der Waals surface area contributed by atoms with Crippen molar-refractivity contribution in [1.82, 2.24) is 4.90 Å². The first-order valence-corrected chi connectivity index (χ1v) is 7.64. The summed E-state index contributed by atoms with van der Waals surface area (Å²) in [6.07, 6.45) is 4.40. The molecule has 1 saturated carbocycles. The number of rotatable bonds is 4. The van der Waals surface area contributed by atoms with Crippen LogP contribution in [0.2, 0.25) is 0 Å². The van der Waals surface area contributed by atoms with Gasteiger partial charge in [0.05, 0.1) is 12.7 Å². The minimum Gasteiger partial charge on any atom is -0.376 e. The lowest BCUT2D eigenvalue weighted by atomic mass is 9.94. The van der Waals surface area contributed by atoms with E-state index in [4.69, 9.17) is 10.5 Å². The third-order valence-electron chi connectivity index (χ3n) is 4.43. The summed E-state index contributed by atoms with van der Waals surface area (Å²) in [5.74, 6) is 0.0323. The minimum atomic E-state index is 0.0323. The maximum atomic E-state index is 12.3. The monoisotopic (exact) mass is 286 g/mol. The van der Waals surface area contributed by atoms with Crippen molar-refractivity contribution in [2.75, 3.05) is 13.2 Å². The first kappa shape index (κ1) is 14.3. The molecule has 3 rings (SSSR count). The van der Waals surface area contributed by atoms with Gasteiger partial charge in [-0.25, -0.2) is 0 Å². The van der Waals surface area contributed by atoms with Crippen LogP contribution in [0.1, 0.15) is 41.6 Å². The molecule has 1 aromatic carbocycles. The fraction of sp³-hybridized carbons (Fsp3) is 0.471. The Bertz CT molecular complexity index is 512. The van der Waals surface area contributed by atoms with E-state index in [2.05, 4.69) is 6.58 Å². The molecule has 1 aliphatic heterocycles. The molecule has 21 heavy (non-hydrogen) atoms. The average Bonchev–Trinajstić information content (AvgIpc) is 2.75.